The highest BCUT2D eigenvalue weighted by atomic mass is 16.3. The van der Waals surface area contributed by atoms with E-state index in [0.717, 1.165) is 11.4 Å². The van der Waals surface area contributed by atoms with Gasteiger partial charge in [0.1, 0.15) is 0 Å². The molecule has 0 atom stereocenters. The number of hydrogen-bond acceptors (Lipinski definition) is 3. The van der Waals surface area contributed by atoms with Crippen molar-refractivity contribution in [2.24, 2.45) is 4.99 Å². The molecule has 2 N–H and O–H groups in total. The lowest BCUT2D eigenvalue weighted by molar-refractivity contribution is 0.307. The second-order valence-corrected chi connectivity index (χ2v) is 4.28. The molecule has 1 aromatic carbocycles. The van der Waals surface area contributed by atoms with E-state index < -0.39 is 0 Å². The Bertz CT molecular complexity index is 638. The third kappa shape index (κ3) is 2.66. The van der Waals surface area contributed by atoms with Crippen LogP contribution in [-0.4, -0.2) is 33.8 Å². The number of aliphatic imine (C=N–C) groups is 1. The Hall–Kier alpha value is -2.14. The van der Waals surface area contributed by atoms with Crippen molar-refractivity contribution in [1.82, 2.24) is 9.78 Å². The monoisotopic (exact) mass is 259 g/mol. The molecule has 5 heteroatoms. The quantitative estimate of drug-likeness (QED) is 0.812. The number of aryl methyl sites for hydroxylation is 1. The van der Waals surface area contributed by atoms with Crippen LogP contribution in [0.1, 0.15) is 18.2 Å². The van der Waals surface area contributed by atoms with E-state index in [4.69, 9.17) is 5.11 Å². The summed E-state index contributed by atoms with van der Waals surface area (Å²) in [5, 5.41) is 11.8. The van der Waals surface area contributed by atoms with Crippen molar-refractivity contribution in [1.29, 1.82) is 0 Å². The van der Waals surface area contributed by atoms with E-state index in [2.05, 4.69) is 10.1 Å². The van der Waals surface area contributed by atoms with Gasteiger partial charge in [-0.3, -0.25) is 14.9 Å². The van der Waals surface area contributed by atoms with Gasteiger partial charge in [-0.15, -0.1) is 0 Å². The standard InChI is InChI=1S/C14H17N3O2/c1-10(15-8-9-18)13-11(2)16-17(14(13)19)12-6-4-3-5-7-12/h3-7,16,18H,8-9H2,1-2H3. The van der Waals surface area contributed by atoms with E-state index in [1.165, 1.54) is 4.68 Å². The molecule has 0 spiro atoms. The maximum atomic E-state index is 12.4. The van der Waals surface area contributed by atoms with Gasteiger partial charge in [-0.2, -0.15) is 0 Å². The number of aliphatic hydroxyl groups is 1. The van der Waals surface area contributed by atoms with Crippen LogP contribution in [0.5, 0.6) is 0 Å². The summed E-state index contributed by atoms with van der Waals surface area (Å²) in [5.41, 5.74) is 2.65. The number of aromatic amines is 1. The second-order valence-electron chi connectivity index (χ2n) is 4.28. The largest absolute Gasteiger partial charge is 0.394 e. The third-order valence-electron chi connectivity index (χ3n) is 2.90. The lowest BCUT2D eigenvalue weighted by Crippen LogP contribution is -2.19. The van der Waals surface area contributed by atoms with E-state index in [9.17, 15) is 4.79 Å². The first-order valence-corrected chi connectivity index (χ1v) is 6.14. The first-order chi connectivity index (χ1) is 9.15. The lowest BCUT2D eigenvalue weighted by Gasteiger charge is -1.99. The van der Waals surface area contributed by atoms with Crippen LogP contribution in [0.15, 0.2) is 40.1 Å². The predicted molar refractivity (Wildman–Crippen MR) is 75.3 cm³/mol. The maximum absolute atomic E-state index is 12.4. The van der Waals surface area contributed by atoms with Gasteiger partial charge in [0, 0.05) is 11.4 Å². The van der Waals surface area contributed by atoms with Gasteiger partial charge < -0.3 is 5.11 Å². The van der Waals surface area contributed by atoms with Crippen molar-refractivity contribution in [2.75, 3.05) is 13.2 Å². The average Bonchev–Trinajstić information content (AvgIpc) is 2.72. The smallest absolute Gasteiger partial charge is 0.280 e. The summed E-state index contributed by atoms with van der Waals surface area (Å²) in [6.45, 7) is 3.91. The van der Waals surface area contributed by atoms with Gasteiger partial charge in [0.25, 0.3) is 5.56 Å². The average molecular weight is 259 g/mol. The van der Waals surface area contributed by atoms with Gasteiger partial charge in [-0.25, -0.2) is 4.68 Å². The molecule has 1 heterocycles. The number of H-pyrrole nitrogens is 1. The van der Waals surface area contributed by atoms with Crippen molar-refractivity contribution in [3.63, 3.8) is 0 Å². The van der Waals surface area contributed by atoms with Gasteiger partial charge in [0.15, 0.2) is 0 Å². The number of para-hydroxylation sites is 1. The zero-order chi connectivity index (χ0) is 13.8. The van der Waals surface area contributed by atoms with Gasteiger partial charge in [-0.1, -0.05) is 18.2 Å². The maximum Gasteiger partial charge on any atom is 0.280 e. The van der Waals surface area contributed by atoms with Crippen molar-refractivity contribution in [2.45, 2.75) is 13.8 Å². The van der Waals surface area contributed by atoms with Crippen LogP contribution < -0.4 is 5.56 Å². The highest BCUT2D eigenvalue weighted by Gasteiger charge is 2.14. The van der Waals surface area contributed by atoms with E-state index in [0.29, 0.717) is 17.8 Å². The molecule has 0 amide bonds. The van der Waals surface area contributed by atoms with Crippen LogP contribution in [-0.2, 0) is 0 Å². The molecule has 0 saturated heterocycles. The molecule has 5 nitrogen and oxygen atoms in total. The molecule has 2 aromatic rings. The van der Waals surface area contributed by atoms with E-state index >= 15 is 0 Å². The van der Waals surface area contributed by atoms with Gasteiger partial charge in [-0.05, 0) is 26.0 Å². The second kappa shape index (κ2) is 5.67. The molecule has 0 radical (unpaired) electrons. The van der Waals surface area contributed by atoms with Gasteiger partial charge in [0.05, 0.1) is 24.4 Å². The summed E-state index contributed by atoms with van der Waals surface area (Å²) in [6.07, 6.45) is 0. The van der Waals surface area contributed by atoms with Crippen molar-refractivity contribution in [3.8, 4) is 5.69 Å². The predicted octanol–water partition coefficient (Wildman–Crippen LogP) is 1.28. The van der Waals surface area contributed by atoms with Crippen LogP contribution in [0.2, 0.25) is 0 Å². The van der Waals surface area contributed by atoms with Crippen molar-refractivity contribution < 1.29 is 5.11 Å². The third-order valence-corrected chi connectivity index (χ3v) is 2.90. The molecule has 0 aliphatic rings. The zero-order valence-electron chi connectivity index (χ0n) is 11.1. The van der Waals surface area contributed by atoms with E-state index in [1.54, 1.807) is 6.92 Å². The van der Waals surface area contributed by atoms with Crippen LogP contribution in [0.3, 0.4) is 0 Å². The molecular formula is C14H17N3O2. The zero-order valence-corrected chi connectivity index (χ0v) is 11.1. The highest BCUT2D eigenvalue weighted by Crippen LogP contribution is 2.07. The molecule has 19 heavy (non-hydrogen) atoms. The SMILES string of the molecule is CC(=NCCO)c1c(C)[nH]n(-c2ccccc2)c1=O. The van der Waals surface area contributed by atoms with Crippen LogP contribution >= 0.6 is 0 Å². The Kier molecular flexibility index (Phi) is 3.97. The number of nitrogens with one attached hydrogen (secondary N) is 1. The molecule has 1 aromatic heterocycles. The van der Waals surface area contributed by atoms with Crippen LogP contribution in [0, 0.1) is 6.92 Å². The number of nitrogens with zero attached hydrogens (tertiary/aromatic N) is 2. The van der Waals surface area contributed by atoms with Crippen molar-refractivity contribution >= 4 is 5.71 Å². The molecule has 0 fully saturated rings. The molecule has 0 aliphatic carbocycles. The van der Waals surface area contributed by atoms with Crippen LogP contribution in [0.25, 0.3) is 5.69 Å². The summed E-state index contributed by atoms with van der Waals surface area (Å²) in [4.78, 5) is 16.6. The summed E-state index contributed by atoms with van der Waals surface area (Å²) in [5.74, 6) is 0. The number of aromatic nitrogens is 2. The molecule has 0 bridgehead atoms. The highest BCUT2D eigenvalue weighted by molar-refractivity contribution is 5.99. The summed E-state index contributed by atoms with van der Waals surface area (Å²) < 4.78 is 1.50. The molecule has 0 saturated carbocycles. The first kappa shape index (κ1) is 13.3. The summed E-state index contributed by atoms with van der Waals surface area (Å²) in [7, 11) is 0. The minimum absolute atomic E-state index is 0.0202. The molecule has 2 rings (SSSR count). The molecule has 0 unspecified atom stereocenters. The normalized spacial score (nSPS) is 11.8. The van der Waals surface area contributed by atoms with Crippen LogP contribution in [0.4, 0.5) is 0 Å². The minimum atomic E-state index is -0.122. The van der Waals surface area contributed by atoms with Crippen molar-refractivity contribution in [3.05, 3.63) is 51.9 Å². The topological polar surface area (TPSA) is 70.4 Å². The summed E-state index contributed by atoms with van der Waals surface area (Å²) in [6, 6.07) is 9.39. The Balaban J connectivity index is 2.50. The minimum Gasteiger partial charge on any atom is -0.394 e. The number of hydrogen-bond donors (Lipinski definition) is 2. The lowest BCUT2D eigenvalue weighted by atomic mass is 10.2. The molecular weight excluding hydrogens is 242 g/mol. The Morgan fingerprint density at radius 2 is 2.05 bits per heavy atom. The first-order valence-electron chi connectivity index (χ1n) is 6.14. The fourth-order valence-electron chi connectivity index (χ4n) is 2.03. The summed E-state index contributed by atoms with van der Waals surface area (Å²) >= 11 is 0. The Morgan fingerprint density at radius 3 is 2.68 bits per heavy atom. The fraction of sp³-hybridized carbons (Fsp3) is 0.286. The van der Waals surface area contributed by atoms with E-state index in [-0.39, 0.29) is 12.2 Å². The van der Waals surface area contributed by atoms with E-state index in [1.807, 2.05) is 37.3 Å². The number of aliphatic hydroxyl groups excluding tert-OH is 1. The molecule has 100 valence electrons. The number of benzene rings is 1. The molecule has 0 aliphatic heterocycles. The Labute approximate surface area is 111 Å². The Morgan fingerprint density at radius 1 is 1.37 bits per heavy atom. The van der Waals surface area contributed by atoms with Gasteiger partial charge in [0.2, 0.25) is 0 Å². The van der Waals surface area contributed by atoms with Gasteiger partial charge >= 0.3 is 0 Å². The fourth-order valence-corrected chi connectivity index (χ4v) is 2.03. The number of rotatable bonds is 4.